The molecule has 0 spiro atoms. The van der Waals surface area contributed by atoms with Crippen molar-refractivity contribution in [2.24, 2.45) is 0 Å². The zero-order valence-corrected chi connectivity index (χ0v) is 7.17. The van der Waals surface area contributed by atoms with Crippen LogP contribution in [0.25, 0.3) is 0 Å². The Bertz CT molecular complexity index is 423. The number of anilines is 2. The molecule has 0 atom stereocenters. The second-order valence-corrected chi connectivity index (χ2v) is 2.48. The van der Waals surface area contributed by atoms with Gasteiger partial charge < -0.3 is 16.2 Å². The number of halogens is 3. The molecule has 1 heterocycles. The molecular weight excluding hydrogens is 213 g/mol. The monoisotopic (exact) mass is 218 g/mol. The summed E-state index contributed by atoms with van der Waals surface area (Å²) >= 11 is 0. The van der Waals surface area contributed by atoms with Crippen molar-refractivity contribution in [2.45, 2.75) is 6.36 Å². The van der Waals surface area contributed by atoms with Crippen LogP contribution in [0.4, 0.5) is 24.7 Å². The van der Waals surface area contributed by atoms with Crippen LogP contribution in [-0.2, 0) is 0 Å². The minimum atomic E-state index is -4.90. The number of aromatic nitrogens is 1. The maximum absolute atomic E-state index is 11.8. The molecule has 0 aliphatic rings. The van der Waals surface area contributed by atoms with Crippen molar-refractivity contribution in [1.82, 2.24) is 4.98 Å². The maximum Gasteiger partial charge on any atom is 0.574 e. The Labute approximate surface area is 82.1 Å². The van der Waals surface area contributed by atoms with Crippen LogP contribution in [0.15, 0.2) is 6.07 Å². The zero-order valence-electron chi connectivity index (χ0n) is 7.17. The quantitative estimate of drug-likeness (QED) is 0.733. The number of nitrogen functional groups attached to an aromatic ring is 2. The van der Waals surface area contributed by atoms with Crippen LogP contribution in [0, 0.1) is 11.3 Å². The maximum atomic E-state index is 11.8. The van der Waals surface area contributed by atoms with Crippen LogP contribution >= 0.6 is 0 Å². The summed E-state index contributed by atoms with van der Waals surface area (Å²) in [5, 5.41) is 8.48. The minimum absolute atomic E-state index is 0.109. The van der Waals surface area contributed by atoms with Gasteiger partial charge in [0.2, 0.25) is 5.88 Å². The van der Waals surface area contributed by atoms with E-state index in [1.165, 1.54) is 0 Å². The highest BCUT2D eigenvalue weighted by atomic mass is 19.4. The van der Waals surface area contributed by atoms with Gasteiger partial charge in [0.25, 0.3) is 0 Å². The fourth-order valence-corrected chi connectivity index (χ4v) is 0.806. The molecule has 1 aromatic rings. The minimum Gasteiger partial charge on any atom is -0.394 e. The van der Waals surface area contributed by atoms with E-state index in [0.29, 0.717) is 0 Å². The molecule has 0 radical (unpaired) electrons. The van der Waals surface area contributed by atoms with Gasteiger partial charge in [0.15, 0.2) is 0 Å². The third kappa shape index (κ3) is 2.63. The van der Waals surface area contributed by atoms with Crippen LogP contribution in [0.2, 0.25) is 0 Å². The molecule has 1 aromatic heterocycles. The average molecular weight is 218 g/mol. The number of ether oxygens (including phenoxy) is 1. The number of alkyl halides is 3. The van der Waals surface area contributed by atoms with Gasteiger partial charge in [-0.25, -0.2) is 0 Å². The summed E-state index contributed by atoms with van der Waals surface area (Å²) in [6.07, 6.45) is -4.90. The Morgan fingerprint density at radius 1 is 1.40 bits per heavy atom. The first kappa shape index (κ1) is 10.9. The Balaban J connectivity index is 3.13. The molecule has 0 amide bonds. The lowest BCUT2D eigenvalue weighted by Crippen LogP contribution is -2.19. The van der Waals surface area contributed by atoms with E-state index in [4.69, 9.17) is 16.7 Å². The summed E-state index contributed by atoms with van der Waals surface area (Å²) in [5.74, 6) is -1.23. The molecule has 1 rings (SSSR count). The summed E-state index contributed by atoms with van der Waals surface area (Å²) < 4.78 is 38.9. The van der Waals surface area contributed by atoms with Gasteiger partial charge in [-0.05, 0) is 6.07 Å². The van der Waals surface area contributed by atoms with Gasteiger partial charge in [-0.15, -0.1) is 13.2 Å². The lowest BCUT2D eigenvalue weighted by Gasteiger charge is -2.10. The molecule has 5 nitrogen and oxygen atoms in total. The SMILES string of the molecule is N#Cc1cc(N)c(OC(F)(F)F)nc1N. The summed E-state index contributed by atoms with van der Waals surface area (Å²) in [4.78, 5) is 3.22. The van der Waals surface area contributed by atoms with Gasteiger partial charge in [-0.2, -0.15) is 10.2 Å². The first-order valence-electron chi connectivity index (χ1n) is 3.55. The Morgan fingerprint density at radius 3 is 2.47 bits per heavy atom. The number of nitrogens with zero attached hydrogens (tertiary/aromatic N) is 2. The van der Waals surface area contributed by atoms with E-state index >= 15 is 0 Å². The van der Waals surface area contributed by atoms with E-state index in [2.05, 4.69) is 9.72 Å². The Hall–Kier alpha value is -2.17. The Kier molecular flexibility index (Phi) is 2.57. The zero-order chi connectivity index (χ0) is 11.6. The first-order chi connectivity index (χ1) is 6.83. The van der Waals surface area contributed by atoms with Crippen LogP contribution in [0.1, 0.15) is 5.56 Å². The largest absolute Gasteiger partial charge is 0.574 e. The summed E-state index contributed by atoms with van der Waals surface area (Å²) in [6.45, 7) is 0. The molecule has 0 aromatic carbocycles. The summed E-state index contributed by atoms with van der Waals surface area (Å²) in [5.41, 5.74) is 9.85. The van der Waals surface area contributed by atoms with Crippen LogP contribution in [0.5, 0.6) is 5.88 Å². The Morgan fingerprint density at radius 2 is 2.00 bits per heavy atom. The predicted molar refractivity (Wildman–Crippen MR) is 44.5 cm³/mol. The molecule has 0 aliphatic carbocycles. The molecule has 0 bridgehead atoms. The third-order valence-corrected chi connectivity index (χ3v) is 1.38. The average Bonchev–Trinajstić information content (AvgIpc) is 2.08. The van der Waals surface area contributed by atoms with Crippen molar-refractivity contribution in [2.75, 3.05) is 11.5 Å². The van der Waals surface area contributed by atoms with Crippen molar-refractivity contribution in [1.29, 1.82) is 5.26 Å². The molecule has 4 N–H and O–H groups in total. The van der Waals surface area contributed by atoms with E-state index in [9.17, 15) is 13.2 Å². The number of nitrogens with two attached hydrogens (primary N) is 2. The van der Waals surface area contributed by atoms with Gasteiger partial charge in [0.05, 0.1) is 11.3 Å². The summed E-state index contributed by atoms with van der Waals surface area (Å²) in [7, 11) is 0. The predicted octanol–water partition coefficient (Wildman–Crippen LogP) is 1.02. The lowest BCUT2D eigenvalue weighted by molar-refractivity contribution is -0.275. The fourth-order valence-electron chi connectivity index (χ4n) is 0.806. The molecule has 0 aliphatic heterocycles. The van der Waals surface area contributed by atoms with Gasteiger partial charge >= 0.3 is 6.36 Å². The van der Waals surface area contributed by atoms with E-state index in [1.807, 2.05) is 0 Å². The van der Waals surface area contributed by atoms with E-state index in [1.54, 1.807) is 6.07 Å². The van der Waals surface area contributed by atoms with Gasteiger partial charge in [0, 0.05) is 0 Å². The van der Waals surface area contributed by atoms with E-state index < -0.39 is 17.9 Å². The second kappa shape index (κ2) is 3.53. The van der Waals surface area contributed by atoms with E-state index in [0.717, 1.165) is 6.07 Å². The molecule has 0 saturated carbocycles. The standard InChI is InChI=1S/C7H5F3N4O/c8-7(9,10)15-6-4(12)1-3(2-11)5(13)14-6/h1H,12H2,(H2,13,14). The molecule has 0 unspecified atom stereocenters. The normalized spacial score (nSPS) is 10.8. The van der Waals surface area contributed by atoms with Crippen molar-refractivity contribution < 1.29 is 17.9 Å². The van der Waals surface area contributed by atoms with Crippen molar-refractivity contribution in [3.63, 3.8) is 0 Å². The number of rotatable bonds is 1. The van der Waals surface area contributed by atoms with Crippen molar-refractivity contribution >= 4 is 11.5 Å². The topological polar surface area (TPSA) is 98.0 Å². The van der Waals surface area contributed by atoms with Gasteiger partial charge in [0.1, 0.15) is 11.9 Å². The smallest absolute Gasteiger partial charge is 0.394 e. The van der Waals surface area contributed by atoms with E-state index in [-0.39, 0.29) is 11.4 Å². The third-order valence-electron chi connectivity index (χ3n) is 1.38. The fraction of sp³-hybridized carbons (Fsp3) is 0.143. The molecule has 0 fully saturated rings. The highest BCUT2D eigenvalue weighted by Gasteiger charge is 2.33. The first-order valence-corrected chi connectivity index (χ1v) is 3.55. The second-order valence-electron chi connectivity index (χ2n) is 2.48. The van der Waals surface area contributed by atoms with Gasteiger partial charge in [-0.3, -0.25) is 0 Å². The lowest BCUT2D eigenvalue weighted by atomic mass is 10.2. The van der Waals surface area contributed by atoms with Gasteiger partial charge in [-0.1, -0.05) is 0 Å². The highest BCUT2D eigenvalue weighted by Crippen LogP contribution is 2.28. The summed E-state index contributed by atoms with van der Waals surface area (Å²) in [6, 6.07) is 2.58. The number of pyridine rings is 1. The number of nitriles is 1. The number of hydrogen-bond acceptors (Lipinski definition) is 5. The van der Waals surface area contributed by atoms with Crippen LogP contribution in [-0.4, -0.2) is 11.3 Å². The van der Waals surface area contributed by atoms with Crippen LogP contribution < -0.4 is 16.2 Å². The molecule has 8 heteroatoms. The van der Waals surface area contributed by atoms with Crippen molar-refractivity contribution in [3.8, 4) is 11.9 Å². The molecular formula is C7H5F3N4O. The number of hydrogen-bond donors (Lipinski definition) is 2. The highest BCUT2D eigenvalue weighted by molar-refractivity contribution is 5.60. The molecule has 0 saturated heterocycles. The van der Waals surface area contributed by atoms with Crippen molar-refractivity contribution in [3.05, 3.63) is 11.6 Å². The molecule has 15 heavy (non-hydrogen) atoms. The molecule has 80 valence electrons. The van der Waals surface area contributed by atoms with Crippen LogP contribution in [0.3, 0.4) is 0 Å².